The number of nitrogens with two attached hydrogens (primary N) is 2. The molecule has 0 aliphatic carbocycles. The Kier molecular flexibility index (Phi) is 2.54. The number of rotatable bonds is 1. The van der Waals surface area contributed by atoms with Crippen LogP contribution in [0.25, 0.3) is 5.57 Å². The van der Waals surface area contributed by atoms with Crippen molar-refractivity contribution in [2.45, 2.75) is 0 Å². The molecule has 4 N–H and O–H groups in total. The number of para-hydroxylation sites is 1. The maximum absolute atomic E-state index is 5.92. The van der Waals surface area contributed by atoms with E-state index >= 15 is 0 Å². The summed E-state index contributed by atoms with van der Waals surface area (Å²) in [5, 5.41) is 0. The summed E-state index contributed by atoms with van der Waals surface area (Å²) in [7, 11) is 0. The van der Waals surface area contributed by atoms with Crippen LogP contribution in [0.4, 0.5) is 11.4 Å². The van der Waals surface area contributed by atoms with E-state index in [-0.39, 0.29) is 0 Å². The molecule has 76 valence electrons. The maximum atomic E-state index is 5.92. The summed E-state index contributed by atoms with van der Waals surface area (Å²) in [6.45, 7) is 0.640. The lowest BCUT2D eigenvalue weighted by Gasteiger charge is -2.09. The van der Waals surface area contributed by atoms with Crippen LogP contribution < -0.4 is 11.5 Å². The van der Waals surface area contributed by atoms with E-state index in [1.807, 2.05) is 30.4 Å². The largest absolute Gasteiger partial charge is 0.397 e. The highest BCUT2D eigenvalue weighted by Gasteiger charge is 2.07. The lowest BCUT2D eigenvalue weighted by Crippen LogP contribution is -2.00. The molecule has 0 aromatic heterocycles. The zero-order chi connectivity index (χ0) is 10.7. The monoisotopic (exact) mass is 199 g/mol. The van der Waals surface area contributed by atoms with Crippen LogP contribution in [-0.4, -0.2) is 12.8 Å². The maximum Gasteiger partial charge on any atom is 0.0646 e. The topological polar surface area (TPSA) is 64.4 Å². The Labute approximate surface area is 88.8 Å². The second-order valence-corrected chi connectivity index (χ2v) is 3.38. The van der Waals surface area contributed by atoms with Crippen LogP contribution in [-0.2, 0) is 0 Å². The van der Waals surface area contributed by atoms with Gasteiger partial charge >= 0.3 is 0 Å². The number of aliphatic imine (C=N–C) groups is 1. The van der Waals surface area contributed by atoms with Crippen LogP contribution in [0.5, 0.6) is 0 Å². The van der Waals surface area contributed by atoms with Gasteiger partial charge in [-0.25, -0.2) is 0 Å². The summed E-state index contributed by atoms with van der Waals surface area (Å²) >= 11 is 0. The molecule has 3 heteroatoms. The van der Waals surface area contributed by atoms with Crippen LogP contribution >= 0.6 is 0 Å². The number of hydrogen-bond donors (Lipinski definition) is 2. The standard InChI is InChI=1S/C12H13N3/c13-11-6-3-5-10(12(11)14)9-4-1-2-7-15-8-9/h1-7H,8,13-14H2. The van der Waals surface area contributed by atoms with Crippen molar-refractivity contribution < 1.29 is 0 Å². The van der Waals surface area contributed by atoms with Crippen molar-refractivity contribution in [3.05, 3.63) is 42.0 Å². The van der Waals surface area contributed by atoms with E-state index in [4.69, 9.17) is 11.5 Å². The summed E-state index contributed by atoms with van der Waals surface area (Å²) in [4.78, 5) is 4.22. The van der Waals surface area contributed by atoms with Gasteiger partial charge in [-0.15, -0.1) is 0 Å². The molecule has 0 saturated carbocycles. The molecule has 0 bridgehead atoms. The number of hydrogen-bond acceptors (Lipinski definition) is 3. The Morgan fingerprint density at radius 1 is 1.13 bits per heavy atom. The zero-order valence-corrected chi connectivity index (χ0v) is 8.35. The molecule has 0 radical (unpaired) electrons. The van der Waals surface area contributed by atoms with Crippen LogP contribution in [0.2, 0.25) is 0 Å². The van der Waals surface area contributed by atoms with Gasteiger partial charge in [0.2, 0.25) is 0 Å². The predicted octanol–water partition coefficient (Wildman–Crippen LogP) is 1.88. The molecule has 1 heterocycles. The highest BCUT2D eigenvalue weighted by molar-refractivity contribution is 5.85. The van der Waals surface area contributed by atoms with Crippen molar-refractivity contribution in [2.24, 2.45) is 4.99 Å². The average molecular weight is 199 g/mol. The van der Waals surface area contributed by atoms with Gasteiger partial charge in [-0.2, -0.15) is 0 Å². The molecule has 1 aliphatic rings. The van der Waals surface area contributed by atoms with Crippen LogP contribution in [0.15, 0.2) is 41.4 Å². The Balaban J connectivity index is 2.45. The van der Waals surface area contributed by atoms with Gasteiger partial charge in [0.25, 0.3) is 0 Å². The van der Waals surface area contributed by atoms with Gasteiger partial charge in [-0.3, -0.25) is 4.99 Å². The first-order valence-electron chi connectivity index (χ1n) is 4.79. The molecule has 1 aliphatic heterocycles. The van der Waals surface area contributed by atoms with Crippen molar-refractivity contribution in [1.29, 1.82) is 0 Å². The van der Waals surface area contributed by atoms with Crippen molar-refractivity contribution >= 4 is 23.2 Å². The van der Waals surface area contributed by atoms with Crippen molar-refractivity contribution in [1.82, 2.24) is 0 Å². The SMILES string of the molecule is Nc1cccc(C2=CC=CC=NC2)c1N. The fourth-order valence-corrected chi connectivity index (χ4v) is 1.52. The van der Waals surface area contributed by atoms with Crippen LogP contribution in [0.3, 0.4) is 0 Å². The molecular weight excluding hydrogens is 186 g/mol. The minimum absolute atomic E-state index is 0.616. The summed E-state index contributed by atoms with van der Waals surface area (Å²) in [6, 6.07) is 5.67. The normalized spacial score (nSPS) is 14.8. The molecule has 0 saturated heterocycles. The summed E-state index contributed by atoms with van der Waals surface area (Å²) in [5.74, 6) is 0. The van der Waals surface area contributed by atoms with Gasteiger partial charge in [0, 0.05) is 11.8 Å². The van der Waals surface area contributed by atoms with Gasteiger partial charge in [0.15, 0.2) is 0 Å². The molecule has 0 unspecified atom stereocenters. The number of benzene rings is 1. The van der Waals surface area contributed by atoms with E-state index in [0.717, 1.165) is 11.1 Å². The number of anilines is 2. The molecule has 3 nitrogen and oxygen atoms in total. The third-order valence-electron chi connectivity index (χ3n) is 2.35. The van der Waals surface area contributed by atoms with E-state index < -0.39 is 0 Å². The van der Waals surface area contributed by atoms with Gasteiger partial charge < -0.3 is 11.5 Å². The molecule has 1 aromatic rings. The summed E-state index contributed by atoms with van der Waals surface area (Å²) < 4.78 is 0. The summed E-state index contributed by atoms with van der Waals surface area (Å²) in [5.41, 5.74) is 15.0. The second-order valence-electron chi connectivity index (χ2n) is 3.38. The third kappa shape index (κ3) is 1.91. The van der Waals surface area contributed by atoms with E-state index in [1.54, 1.807) is 12.3 Å². The minimum atomic E-state index is 0.616. The summed E-state index contributed by atoms with van der Waals surface area (Å²) in [6.07, 6.45) is 7.65. The number of allylic oxidation sites excluding steroid dienone is 3. The average Bonchev–Trinajstić information content (AvgIpc) is 2.50. The fourth-order valence-electron chi connectivity index (χ4n) is 1.52. The van der Waals surface area contributed by atoms with E-state index in [9.17, 15) is 0 Å². The lowest BCUT2D eigenvalue weighted by molar-refractivity contribution is 1.28. The van der Waals surface area contributed by atoms with Gasteiger partial charge in [-0.05, 0) is 17.7 Å². The van der Waals surface area contributed by atoms with Crippen molar-refractivity contribution in [3.63, 3.8) is 0 Å². The van der Waals surface area contributed by atoms with E-state index in [0.29, 0.717) is 17.9 Å². The minimum Gasteiger partial charge on any atom is -0.397 e. The van der Waals surface area contributed by atoms with Gasteiger partial charge in [-0.1, -0.05) is 24.3 Å². The Morgan fingerprint density at radius 2 is 2.00 bits per heavy atom. The molecular formula is C12H13N3. The Bertz CT molecular complexity index is 456. The van der Waals surface area contributed by atoms with Crippen molar-refractivity contribution in [2.75, 3.05) is 18.0 Å². The highest BCUT2D eigenvalue weighted by atomic mass is 14.7. The molecule has 15 heavy (non-hydrogen) atoms. The zero-order valence-electron chi connectivity index (χ0n) is 8.35. The van der Waals surface area contributed by atoms with Gasteiger partial charge in [0.1, 0.15) is 0 Å². The predicted molar refractivity (Wildman–Crippen MR) is 65.7 cm³/mol. The molecule has 0 spiro atoms. The Morgan fingerprint density at radius 3 is 2.87 bits per heavy atom. The number of nitrogens with zero attached hydrogens (tertiary/aromatic N) is 1. The van der Waals surface area contributed by atoms with Crippen molar-refractivity contribution in [3.8, 4) is 0 Å². The molecule has 0 atom stereocenters. The fraction of sp³-hybridized carbons (Fsp3) is 0.0833. The molecule has 0 fully saturated rings. The number of nitrogen functional groups attached to an aromatic ring is 2. The smallest absolute Gasteiger partial charge is 0.0646 e. The highest BCUT2D eigenvalue weighted by Crippen LogP contribution is 2.27. The second kappa shape index (κ2) is 4.00. The first-order chi connectivity index (χ1) is 7.29. The van der Waals surface area contributed by atoms with Crippen LogP contribution in [0, 0.1) is 0 Å². The molecule has 1 aromatic carbocycles. The third-order valence-corrected chi connectivity index (χ3v) is 2.35. The first kappa shape index (κ1) is 9.52. The molecule has 2 rings (SSSR count). The van der Waals surface area contributed by atoms with Crippen LogP contribution in [0.1, 0.15) is 5.56 Å². The first-order valence-corrected chi connectivity index (χ1v) is 4.79. The quantitative estimate of drug-likeness (QED) is 0.678. The molecule has 0 amide bonds. The Hall–Kier alpha value is -2.03. The van der Waals surface area contributed by atoms with E-state index in [1.165, 1.54) is 0 Å². The van der Waals surface area contributed by atoms with Gasteiger partial charge in [0.05, 0.1) is 17.9 Å². The van der Waals surface area contributed by atoms with E-state index in [2.05, 4.69) is 4.99 Å². The lowest BCUT2D eigenvalue weighted by atomic mass is 10.0.